The Bertz CT molecular complexity index is 1250. The van der Waals surface area contributed by atoms with Gasteiger partial charge in [0.2, 0.25) is 0 Å². The fourth-order valence-electron chi connectivity index (χ4n) is 3.27. The molecule has 0 bridgehead atoms. The molecule has 0 atom stereocenters. The Morgan fingerprint density at radius 3 is 2.66 bits per heavy atom. The molecule has 0 saturated carbocycles. The minimum atomic E-state index is -0.202. The maximum atomic E-state index is 13.5. The number of hydrogen-bond acceptors (Lipinski definition) is 7. The highest BCUT2D eigenvalue weighted by atomic mass is 35.5. The van der Waals surface area contributed by atoms with Crippen LogP contribution in [0.4, 0.5) is 5.13 Å². The van der Waals surface area contributed by atoms with Crippen LogP contribution in [0.3, 0.4) is 0 Å². The highest BCUT2D eigenvalue weighted by molar-refractivity contribution is 7.22. The summed E-state index contributed by atoms with van der Waals surface area (Å²) in [5, 5.41) is 3.78. The van der Waals surface area contributed by atoms with E-state index in [0.717, 1.165) is 15.6 Å². The number of benzene rings is 2. The third-order valence-electron chi connectivity index (χ3n) is 4.90. The third-order valence-corrected chi connectivity index (χ3v) is 7.43. The molecule has 0 N–H and O–H groups in total. The number of anilines is 1. The van der Waals surface area contributed by atoms with Crippen LogP contribution in [0.2, 0.25) is 5.02 Å². The number of carbonyl (C=O) groups is 1. The molecule has 166 valence electrons. The Morgan fingerprint density at radius 1 is 1.12 bits per heavy atom. The second kappa shape index (κ2) is 9.87. The monoisotopic (exact) mass is 488 g/mol. The normalized spacial score (nSPS) is 11.0. The minimum absolute atomic E-state index is 0.202. The van der Waals surface area contributed by atoms with E-state index < -0.39 is 0 Å². The van der Waals surface area contributed by atoms with E-state index in [-0.39, 0.29) is 5.91 Å². The van der Waals surface area contributed by atoms with E-state index in [1.165, 1.54) is 22.7 Å². The van der Waals surface area contributed by atoms with Crippen molar-refractivity contribution in [3.63, 3.8) is 0 Å². The minimum Gasteiger partial charge on any atom is -0.497 e. The number of hydrogen-bond donors (Lipinski definition) is 0. The smallest absolute Gasteiger partial charge is 0.271 e. The van der Waals surface area contributed by atoms with Crippen molar-refractivity contribution in [2.45, 2.75) is 0 Å². The summed E-state index contributed by atoms with van der Waals surface area (Å²) in [6.45, 7) is 0.716. The van der Waals surface area contributed by atoms with Gasteiger partial charge in [-0.3, -0.25) is 9.69 Å². The Hall–Kier alpha value is -2.65. The number of carbonyl (C=O) groups excluding carboxylic acids is 1. The van der Waals surface area contributed by atoms with Gasteiger partial charge in [-0.2, -0.15) is 0 Å². The van der Waals surface area contributed by atoms with Gasteiger partial charge in [-0.15, -0.1) is 22.7 Å². The molecular weight excluding hydrogens is 468 g/mol. The molecule has 0 unspecified atom stereocenters. The van der Waals surface area contributed by atoms with Crippen LogP contribution in [0, 0.1) is 0 Å². The van der Waals surface area contributed by atoms with Gasteiger partial charge in [-0.05, 0) is 24.3 Å². The summed E-state index contributed by atoms with van der Waals surface area (Å²) in [5.41, 5.74) is 1.48. The lowest BCUT2D eigenvalue weighted by Gasteiger charge is -2.19. The SMILES string of the molecule is COCCN(C(=O)c1sc2ccccc2c1Cl)c1nc(-c2cc(OC)ccc2OC)cs1. The molecule has 0 radical (unpaired) electrons. The number of rotatable bonds is 8. The zero-order valence-corrected chi connectivity index (χ0v) is 20.1. The van der Waals surface area contributed by atoms with E-state index in [1.807, 2.05) is 47.8 Å². The molecule has 4 rings (SSSR count). The number of methoxy groups -OCH3 is 3. The maximum Gasteiger partial charge on any atom is 0.271 e. The first-order valence-electron chi connectivity index (χ1n) is 9.73. The van der Waals surface area contributed by atoms with Crippen molar-refractivity contribution >= 4 is 55.4 Å². The number of thiazole rings is 1. The Balaban J connectivity index is 1.73. The lowest BCUT2D eigenvalue weighted by Crippen LogP contribution is -2.33. The van der Waals surface area contributed by atoms with Crippen molar-refractivity contribution in [1.82, 2.24) is 4.98 Å². The quantitative estimate of drug-likeness (QED) is 0.305. The average Bonchev–Trinajstić information content (AvgIpc) is 3.44. The summed E-state index contributed by atoms with van der Waals surface area (Å²) in [5.74, 6) is 1.16. The van der Waals surface area contributed by atoms with Gasteiger partial charge in [-0.25, -0.2) is 4.98 Å². The van der Waals surface area contributed by atoms with Crippen molar-refractivity contribution in [2.75, 3.05) is 39.4 Å². The summed E-state index contributed by atoms with van der Waals surface area (Å²) in [6, 6.07) is 13.2. The highest BCUT2D eigenvalue weighted by Crippen LogP contribution is 2.39. The van der Waals surface area contributed by atoms with Crippen LogP contribution in [-0.4, -0.2) is 45.4 Å². The van der Waals surface area contributed by atoms with E-state index in [2.05, 4.69) is 0 Å². The van der Waals surface area contributed by atoms with Crippen molar-refractivity contribution in [1.29, 1.82) is 0 Å². The summed E-state index contributed by atoms with van der Waals surface area (Å²) < 4.78 is 17.1. The van der Waals surface area contributed by atoms with Gasteiger partial charge in [0.25, 0.3) is 5.91 Å². The highest BCUT2D eigenvalue weighted by Gasteiger charge is 2.26. The second-order valence-corrected chi connectivity index (χ2v) is 9.04. The molecule has 9 heteroatoms. The van der Waals surface area contributed by atoms with Crippen LogP contribution in [0.1, 0.15) is 9.67 Å². The van der Waals surface area contributed by atoms with Crippen LogP contribution in [0.25, 0.3) is 21.3 Å². The first-order valence-corrected chi connectivity index (χ1v) is 11.8. The molecule has 6 nitrogen and oxygen atoms in total. The molecule has 0 saturated heterocycles. The molecule has 2 aromatic heterocycles. The van der Waals surface area contributed by atoms with Crippen LogP contribution in [0.5, 0.6) is 11.5 Å². The van der Waals surface area contributed by atoms with E-state index in [4.69, 9.17) is 30.8 Å². The summed E-state index contributed by atoms with van der Waals surface area (Å²) in [7, 11) is 4.82. The van der Waals surface area contributed by atoms with Gasteiger partial charge < -0.3 is 14.2 Å². The summed E-state index contributed by atoms with van der Waals surface area (Å²) in [4.78, 5) is 20.4. The standard InChI is InChI=1S/C23H21ClN2O4S2/c1-28-11-10-26(22(27)21-20(24)15-6-4-5-7-19(15)32-21)23-25-17(13-31-23)16-12-14(29-2)8-9-18(16)30-3/h4-9,12-13H,10-11H2,1-3H3. The van der Waals surface area contributed by atoms with Crippen LogP contribution in [-0.2, 0) is 4.74 Å². The fraction of sp³-hybridized carbons (Fsp3) is 0.217. The van der Waals surface area contributed by atoms with Crippen molar-refractivity contribution in [3.05, 3.63) is 57.7 Å². The molecule has 1 amide bonds. The number of amides is 1. The first kappa shape index (κ1) is 22.5. The lowest BCUT2D eigenvalue weighted by atomic mass is 10.1. The van der Waals surface area contributed by atoms with Gasteiger partial charge in [0.1, 0.15) is 16.4 Å². The molecule has 4 aromatic rings. The van der Waals surface area contributed by atoms with E-state index in [0.29, 0.717) is 45.4 Å². The molecule has 0 aliphatic carbocycles. The zero-order chi connectivity index (χ0) is 22.7. The Morgan fingerprint density at radius 2 is 1.94 bits per heavy atom. The van der Waals surface area contributed by atoms with Gasteiger partial charge in [-0.1, -0.05) is 29.8 Å². The molecule has 0 aliphatic rings. The number of nitrogens with zero attached hydrogens (tertiary/aromatic N) is 2. The van der Waals surface area contributed by atoms with Crippen LogP contribution >= 0.6 is 34.3 Å². The largest absolute Gasteiger partial charge is 0.497 e. The Labute approximate surface area is 198 Å². The Kier molecular flexibility index (Phi) is 6.95. The first-order chi connectivity index (χ1) is 15.6. The van der Waals surface area contributed by atoms with Gasteiger partial charge in [0.05, 0.1) is 38.1 Å². The number of ether oxygens (including phenoxy) is 3. The van der Waals surface area contributed by atoms with E-state index in [9.17, 15) is 4.79 Å². The van der Waals surface area contributed by atoms with Crippen molar-refractivity contribution < 1.29 is 19.0 Å². The fourth-order valence-corrected chi connectivity index (χ4v) is 5.58. The number of halogens is 1. The molecule has 0 spiro atoms. The van der Waals surface area contributed by atoms with E-state index in [1.54, 1.807) is 26.2 Å². The molecule has 2 aromatic carbocycles. The van der Waals surface area contributed by atoms with Gasteiger partial charge in [0, 0.05) is 28.1 Å². The predicted molar refractivity (Wildman–Crippen MR) is 131 cm³/mol. The van der Waals surface area contributed by atoms with Crippen molar-refractivity contribution in [2.24, 2.45) is 0 Å². The third kappa shape index (κ3) is 4.31. The summed E-state index contributed by atoms with van der Waals surface area (Å²) in [6.07, 6.45) is 0. The average molecular weight is 489 g/mol. The van der Waals surface area contributed by atoms with Gasteiger partial charge >= 0.3 is 0 Å². The van der Waals surface area contributed by atoms with Gasteiger partial charge in [0.15, 0.2) is 5.13 Å². The lowest BCUT2D eigenvalue weighted by molar-refractivity contribution is 0.0980. The van der Waals surface area contributed by atoms with Crippen LogP contribution < -0.4 is 14.4 Å². The predicted octanol–water partition coefficient (Wildman–Crippen LogP) is 5.99. The molecule has 2 heterocycles. The summed E-state index contributed by atoms with van der Waals surface area (Å²) >= 11 is 9.33. The molecule has 0 aliphatic heterocycles. The second-order valence-electron chi connectivity index (χ2n) is 6.77. The maximum absolute atomic E-state index is 13.5. The van der Waals surface area contributed by atoms with E-state index >= 15 is 0 Å². The number of thiophene rings is 1. The number of fused-ring (bicyclic) bond motifs is 1. The van der Waals surface area contributed by atoms with Crippen LogP contribution in [0.15, 0.2) is 47.8 Å². The molecular formula is C23H21ClN2O4S2. The molecule has 0 fully saturated rings. The van der Waals surface area contributed by atoms with Crippen molar-refractivity contribution in [3.8, 4) is 22.8 Å². The zero-order valence-electron chi connectivity index (χ0n) is 17.8. The topological polar surface area (TPSA) is 60.9 Å². The number of aromatic nitrogens is 1. The molecule has 32 heavy (non-hydrogen) atoms.